The molecule has 234 valence electrons. The molecule has 0 amide bonds. The van der Waals surface area contributed by atoms with Crippen LogP contribution in [0.4, 0.5) is 0 Å². The van der Waals surface area contributed by atoms with Gasteiger partial charge in [-0.05, 0) is 52.6 Å². The maximum absolute atomic E-state index is 4.95. The molecule has 0 N–H and O–H groups in total. The zero-order valence-corrected chi connectivity index (χ0v) is 28.4. The molecular formula is C45H27N3S2. The van der Waals surface area contributed by atoms with Crippen LogP contribution >= 0.6 is 22.7 Å². The highest BCUT2D eigenvalue weighted by Crippen LogP contribution is 2.40. The van der Waals surface area contributed by atoms with Gasteiger partial charge in [0.25, 0.3) is 0 Å². The van der Waals surface area contributed by atoms with E-state index in [1.807, 2.05) is 83.3 Å². The van der Waals surface area contributed by atoms with E-state index in [-0.39, 0.29) is 0 Å². The van der Waals surface area contributed by atoms with E-state index in [2.05, 4.69) is 103 Å². The first kappa shape index (κ1) is 29.0. The second kappa shape index (κ2) is 11.8. The standard InChI is InChI=1S/C45H27N3S2/c1-3-9-30(10-4-1)43-46-44(31-11-5-2-6-12-31)48-45(47-43)34-20-23-37-36-22-19-33(26-41(36)50-42(37)27-34)29-17-15-28(16-18-29)32-21-24-40-38(25-32)35-13-7-8-14-39(35)49-40/h1-27H. The monoisotopic (exact) mass is 673 g/mol. The van der Waals surface area contributed by atoms with Crippen LogP contribution in [-0.2, 0) is 0 Å². The molecule has 0 fully saturated rings. The molecule has 7 aromatic carbocycles. The summed E-state index contributed by atoms with van der Waals surface area (Å²) < 4.78 is 5.14. The first-order chi connectivity index (χ1) is 24.7. The Bertz CT molecular complexity index is 2800. The van der Waals surface area contributed by atoms with Gasteiger partial charge in [-0.1, -0.05) is 133 Å². The minimum absolute atomic E-state index is 0.669. The number of hydrogen-bond acceptors (Lipinski definition) is 5. The Kier molecular flexibility index (Phi) is 6.86. The van der Waals surface area contributed by atoms with E-state index in [1.165, 1.54) is 62.6 Å². The molecule has 0 aliphatic rings. The van der Waals surface area contributed by atoms with Gasteiger partial charge in [0.15, 0.2) is 17.5 Å². The first-order valence-corrected chi connectivity index (χ1v) is 18.2. The molecule has 0 radical (unpaired) electrons. The van der Waals surface area contributed by atoms with E-state index in [9.17, 15) is 0 Å². The molecule has 10 aromatic rings. The van der Waals surface area contributed by atoms with E-state index in [4.69, 9.17) is 15.0 Å². The van der Waals surface area contributed by atoms with Crippen molar-refractivity contribution in [3.05, 3.63) is 164 Å². The van der Waals surface area contributed by atoms with Gasteiger partial charge in [0.2, 0.25) is 0 Å². The molecule has 0 aliphatic carbocycles. The van der Waals surface area contributed by atoms with Gasteiger partial charge >= 0.3 is 0 Å². The van der Waals surface area contributed by atoms with Crippen LogP contribution in [0, 0.1) is 0 Å². The van der Waals surface area contributed by atoms with Crippen molar-refractivity contribution in [3.8, 4) is 56.4 Å². The van der Waals surface area contributed by atoms with Crippen molar-refractivity contribution in [1.82, 2.24) is 15.0 Å². The lowest BCUT2D eigenvalue weighted by Gasteiger charge is -2.08. The van der Waals surface area contributed by atoms with Gasteiger partial charge in [0, 0.05) is 57.0 Å². The number of fused-ring (bicyclic) bond motifs is 6. The molecule has 3 aromatic heterocycles. The van der Waals surface area contributed by atoms with Gasteiger partial charge in [-0.25, -0.2) is 15.0 Å². The Labute approximate surface area is 296 Å². The van der Waals surface area contributed by atoms with Crippen LogP contribution in [0.15, 0.2) is 164 Å². The Balaban J connectivity index is 0.996. The molecule has 0 aliphatic heterocycles. The third-order valence-corrected chi connectivity index (χ3v) is 11.6. The van der Waals surface area contributed by atoms with Crippen LogP contribution in [0.1, 0.15) is 0 Å². The second-order valence-electron chi connectivity index (χ2n) is 12.4. The fourth-order valence-corrected chi connectivity index (χ4v) is 9.07. The fraction of sp³-hybridized carbons (Fsp3) is 0. The Morgan fingerprint density at radius 1 is 0.260 bits per heavy atom. The summed E-state index contributed by atoms with van der Waals surface area (Å²) in [7, 11) is 0. The van der Waals surface area contributed by atoms with Crippen molar-refractivity contribution >= 4 is 63.0 Å². The molecule has 0 saturated heterocycles. The van der Waals surface area contributed by atoms with Crippen molar-refractivity contribution in [2.75, 3.05) is 0 Å². The number of rotatable bonds is 5. The van der Waals surface area contributed by atoms with Crippen LogP contribution in [0.2, 0.25) is 0 Å². The van der Waals surface area contributed by atoms with Crippen LogP contribution in [0.25, 0.3) is 96.8 Å². The normalized spacial score (nSPS) is 11.6. The van der Waals surface area contributed by atoms with Crippen molar-refractivity contribution < 1.29 is 0 Å². The summed E-state index contributed by atoms with van der Waals surface area (Å²) in [5.74, 6) is 2.01. The Morgan fingerprint density at radius 2 is 0.680 bits per heavy atom. The summed E-state index contributed by atoms with van der Waals surface area (Å²) in [4.78, 5) is 14.8. The smallest absolute Gasteiger partial charge is 0.164 e. The van der Waals surface area contributed by atoms with Crippen molar-refractivity contribution in [3.63, 3.8) is 0 Å². The molecule has 3 heterocycles. The molecule has 0 unspecified atom stereocenters. The third kappa shape index (κ3) is 5.07. The van der Waals surface area contributed by atoms with Crippen LogP contribution in [0.3, 0.4) is 0 Å². The van der Waals surface area contributed by atoms with Gasteiger partial charge < -0.3 is 0 Å². The summed E-state index contributed by atoms with van der Waals surface area (Å²) >= 11 is 3.67. The molecular weight excluding hydrogens is 647 g/mol. The van der Waals surface area contributed by atoms with Crippen molar-refractivity contribution in [2.24, 2.45) is 0 Å². The van der Waals surface area contributed by atoms with E-state index in [0.717, 1.165) is 16.7 Å². The van der Waals surface area contributed by atoms with Crippen molar-refractivity contribution in [1.29, 1.82) is 0 Å². The summed E-state index contributed by atoms with van der Waals surface area (Å²) in [6, 6.07) is 58.1. The highest BCUT2D eigenvalue weighted by molar-refractivity contribution is 7.26. The SMILES string of the molecule is c1ccc(-c2nc(-c3ccccc3)nc(-c3ccc4c(c3)sc3cc(-c5ccc(-c6ccc7sc8ccccc8c7c6)cc5)ccc34)n2)cc1. The number of nitrogens with zero attached hydrogens (tertiary/aromatic N) is 3. The molecule has 10 rings (SSSR count). The number of thiophene rings is 2. The zero-order valence-electron chi connectivity index (χ0n) is 26.7. The predicted octanol–water partition coefficient (Wildman–Crippen LogP) is 12.9. The molecule has 3 nitrogen and oxygen atoms in total. The summed E-state index contributed by atoms with van der Waals surface area (Å²) in [6.07, 6.45) is 0. The third-order valence-electron chi connectivity index (χ3n) is 9.36. The molecule has 0 atom stereocenters. The molecule has 0 spiro atoms. The first-order valence-electron chi connectivity index (χ1n) is 16.6. The van der Waals surface area contributed by atoms with E-state index >= 15 is 0 Å². The lowest BCUT2D eigenvalue weighted by Crippen LogP contribution is -1.99. The van der Waals surface area contributed by atoms with Crippen LogP contribution in [0.5, 0.6) is 0 Å². The Hall–Kier alpha value is -6.01. The maximum atomic E-state index is 4.95. The summed E-state index contributed by atoms with van der Waals surface area (Å²) in [5, 5.41) is 5.16. The lowest BCUT2D eigenvalue weighted by molar-refractivity contribution is 1.07. The number of benzene rings is 7. The molecule has 50 heavy (non-hydrogen) atoms. The predicted molar refractivity (Wildman–Crippen MR) is 213 cm³/mol. The zero-order chi connectivity index (χ0) is 33.0. The average molecular weight is 674 g/mol. The van der Waals surface area contributed by atoms with Gasteiger partial charge in [0.05, 0.1) is 0 Å². The van der Waals surface area contributed by atoms with Gasteiger partial charge in [-0.3, -0.25) is 0 Å². The Morgan fingerprint density at radius 3 is 1.32 bits per heavy atom. The fourth-order valence-electron chi connectivity index (χ4n) is 6.79. The number of aromatic nitrogens is 3. The van der Waals surface area contributed by atoms with Crippen LogP contribution in [-0.4, -0.2) is 15.0 Å². The summed E-state index contributed by atoms with van der Waals surface area (Å²) in [6.45, 7) is 0. The van der Waals surface area contributed by atoms with Gasteiger partial charge in [0.1, 0.15) is 0 Å². The maximum Gasteiger partial charge on any atom is 0.164 e. The van der Waals surface area contributed by atoms with Crippen LogP contribution < -0.4 is 0 Å². The summed E-state index contributed by atoms with van der Waals surface area (Å²) in [5.41, 5.74) is 7.81. The van der Waals surface area contributed by atoms with Gasteiger partial charge in [-0.2, -0.15) is 0 Å². The van der Waals surface area contributed by atoms with Crippen molar-refractivity contribution in [2.45, 2.75) is 0 Å². The minimum Gasteiger partial charge on any atom is -0.208 e. The van der Waals surface area contributed by atoms with E-state index < -0.39 is 0 Å². The second-order valence-corrected chi connectivity index (χ2v) is 14.6. The van der Waals surface area contributed by atoms with E-state index in [0.29, 0.717) is 17.5 Å². The number of hydrogen-bond donors (Lipinski definition) is 0. The molecule has 5 heteroatoms. The molecule has 0 bridgehead atoms. The largest absolute Gasteiger partial charge is 0.208 e. The van der Waals surface area contributed by atoms with Gasteiger partial charge in [-0.15, -0.1) is 22.7 Å². The highest BCUT2D eigenvalue weighted by atomic mass is 32.1. The lowest BCUT2D eigenvalue weighted by atomic mass is 9.98. The average Bonchev–Trinajstić information content (AvgIpc) is 3.75. The van der Waals surface area contributed by atoms with E-state index in [1.54, 1.807) is 0 Å². The highest BCUT2D eigenvalue weighted by Gasteiger charge is 2.15. The minimum atomic E-state index is 0.669. The quantitative estimate of drug-likeness (QED) is 0.182. The molecule has 0 saturated carbocycles. The topological polar surface area (TPSA) is 38.7 Å².